The number of fused-ring (bicyclic) bond motifs is 1. The Morgan fingerprint density at radius 2 is 2.03 bits per heavy atom. The molecule has 0 saturated carbocycles. The smallest absolute Gasteiger partial charge is 0.318 e. The van der Waals surface area contributed by atoms with Crippen LogP contribution in [-0.4, -0.2) is 30.3 Å². The van der Waals surface area contributed by atoms with Crippen molar-refractivity contribution in [2.75, 3.05) is 5.32 Å². The fraction of sp³-hybridized carbons (Fsp3) is 0.158. The quantitative estimate of drug-likeness (QED) is 0.454. The van der Waals surface area contributed by atoms with Crippen LogP contribution < -0.4 is 5.32 Å². The number of aromatic nitrogens is 5. The highest BCUT2D eigenvalue weighted by Crippen LogP contribution is 2.32. The molecule has 0 aliphatic rings. The summed E-state index contributed by atoms with van der Waals surface area (Å²) < 4.78 is 29.8. The average Bonchev–Trinajstić information content (AvgIpc) is 3.28. The van der Waals surface area contributed by atoms with E-state index < -0.39 is 17.0 Å². The van der Waals surface area contributed by atoms with Crippen LogP contribution in [0.15, 0.2) is 48.8 Å². The Balaban J connectivity index is 1.55. The zero-order valence-electron chi connectivity index (χ0n) is 15.5. The molecule has 1 aromatic carbocycles. The third-order valence-corrected chi connectivity index (χ3v) is 4.82. The van der Waals surface area contributed by atoms with Crippen molar-refractivity contribution in [2.24, 2.45) is 0 Å². The number of hydrogen-bond donors (Lipinski definition) is 1. The number of nitrogens with one attached hydrogen (secondary N) is 1. The first-order chi connectivity index (χ1) is 14.2. The normalized spacial score (nSPS) is 11.8. The van der Waals surface area contributed by atoms with Gasteiger partial charge in [-0.3, -0.25) is 9.48 Å². The van der Waals surface area contributed by atoms with Crippen LogP contribution in [0.25, 0.3) is 5.65 Å². The van der Waals surface area contributed by atoms with E-state index in [1.165, 1.54) is 12.3 Å². The largest absolute Gasteiger partial charge is 0.364 e. The summed E-state index contributed by atoms with van der Waals surface area (Å²) >= 11 is 11.3. The lowest BCUT2D eigenvalue weighted by molar-refractivity contribution is 0.0868. The maximum absolute atomic E-state index is 13.7. The van der Waals surface area contributed by atoms with Crippen LogP contribution in [0, 0.1) is 6.92 Å². The summed E-state index contributed by atoms with van der Waals surface area (Å²) in [6, 6.07) is 9.78. The van der Waals surface area contributed by atoms with Crippen LogP contribution in [0.3, 0.4) is 0 Å². The molecule has 1 amide bonds. The molecule has 11 heteroatoms. The number of aryl methyl sites for hydroxylation is 1. The van der Waals surface area contributed by atoms with Crippen LogP contribution >= 0.6 is 23.2 Å². The molecule has 4 aromatic rings. The Kier molecular flexibility index (Phi) is 5.17. The van der Waals surface area contributed by atoms with Gasteiger partial charge in [-0.05, 0) is 36.2 Å². The van der Waals surface area contributed by atoms with Gasteiger partial charge in [-0.15, -0.1) is 0 Å². The van der Waals surface area contributed by atoms with Crippen molar-refractivity contribution in [3.63, 3.8) is 0 Å². The molecule has 7 nitrogen and oxygen atoms in total. The Morgan fingerprint density at radius 1 is 1.27 bits per heavy atom. The molecule has 0 unspecified atom stereocenters. The second kappa shape index (κ2) is 7.66. The summed E-state index contributed by atoms with van der Waals surface area (Å²) in [4.78, 5) is 16.7. The maximum Gasteiger partial charge on any atom is 0.364 e. The zero-order chi connectivity index (χ0) is 21.5. The first-order valence-electron chi connectivity index (χ1n) is 8.72. The lowest BCUT2D eigenvalue weighted by atomic mass is 10.2. The van der Waals surface area contributed by atoms with Crippen molar-refractivity contribution in [1.82, 2.24) is 24.4 Å². The van der Waals surface area contributed by atoms with Crippen molar-refractivity contribution in [1.29, 1.82) is 0 Å². The van der Waals surface area contributed by atoms with E-state index in [0.717, 1.165) is 16.1 Å². The third-order valence-electron chi connectivity index (χ3n) is 4.26. The second-order valence-corrected chi connectivity index (χ2v) is 7.43. The number of benzene rings is 1. The molecular weight excluding hydrogens is 437 g/mol. The summed E-state index contributed by atoms with van der Waals surface area (Å²) in [6.07, 6.45) is 3.09. The molecule has 4 rings (SSSR count). The summed E-state index contributed by atoms with van der Waals surface area (Å²) in [6.45, 7) is 1.97. The van der Waals surface area contributed by atoms with E-state index in [1.807, 2.05) is 18.2 Å². The molecule has 0 atom stereocenters. The van der Waals surface area contributed by atoms with Crippen LogP contribution in [0.1, 0.15) is 27.4 Å². The molecule has 0 saturated heterocycles. The first-order valence-corrected chi connectivity index (χ1v) is 9.48. The second-order valence-electron chi connectivity index (χ2n) is 6.55. The highest BCUT2D eigenvalue weighted by atomic mass is 35.5. The molecule has 1 N–H and O–H groups in total. The topological polar surface area (TPSA) is 77.1 Å². The van der Waals surface area contributed by atoms with Gasteiger partial charge in [0.15, 0.2) is 11.3 Å². The van der Waals surface area contributed by atoms with Gasteiger partial charge >= 0.3 is 5.38 Å². The van der Waals surface area contributed by atoms with Crippen LogP contribution in [0.5, 0.6) is 0 Å². The summed E-state index contributed by atoms with van der Waals surface area (Å²) in [5.74, 6) is -0.598. The summed E-state index contributed by atoms with van der Waals surface area (Å²) in [5, 5.41) is 7.71. The Hall–Kier alpha value is -3.04. The Labute approximate surface area is 179 Å². The highest BCUT2D eigenvalue weighted by molar-refractivity contribution is 6.31. The van der Waals surface area contributed by atoms with Gasteiger partial charge in [-0.2, -0.15) is 19.0 Å². The molecule has 3 aromatic heterocycles. The van der Waals surface area contributed by atoms with Gasteiger partial charge in [0.1, 0.15) is 5.69 Å². The monoisotopic (exact) mass is 450 g/mol. The van der Waals surface area contributed by atoms with E-state index in [-0.39, 0.29) is 11.3 Å². The minimum absolute atomic E-state index is 0.0879. The van der Waals surface area contributed by atoms with Crippen LogP contribution in [0.2, 0.25) is 5.02 Å². The molecule has 3 heterocycles. The summed E-state index contributed by atoms with van der Waals surface area (Å²) in [5.41, 5.74) is 1.04. The van der Waals surface area contributed by atoms with E-state index in [9.17, 15) is 13.6 Å². The number of nitrogens with zero attached hydrogens (tertiary/aromatic N) is 5. The molecule has 30 heavy (non-hydrogen) atoms. The fourth-order valence-corrected chi connectivity index (χ4v) is 3.25. The number of rotatable bonds is 5. The SMILES string of the molecule is Cc1cc(C(F)(F)Cl)n2nc(C(=O)Nc3cnn(Cc4ccccc4Cl)c3)cc2n1. The number of carbonyl (C=O) groups is 1. The number of anilines is 1. The standard InChI is InChI=1S/C19H14Cl2F2N6O/c1-11-6-16(19(21,22)23)29-17(25-11)7-15(27-29)18(30)26-13-8-24-28(10-13)9-12-4-2-3-5-14(12)20/h2-8,10H,9H2,1H3,(H,26,30). The average molecular weight is 451 g/mol. The van der Waals surface area contributed by atoms with Gasteiger partial charge in [0, 0.05) is 23.0 Å². The van der Waals surface area contributed by atoms with Crippen LogP contribution in [0.4, 0.5) is 14.5 Å². The van der Waals surface area contributed by atoms with Gasteiger partial charge < -0.3 is 5.32 Å². The minimum Gasteiger partial charge on any atom is -0.318 e. The maximum atomic E-state index is 13.7. The summed E-state index contributed by atoms with van der Waals surface area (Å²) in [7, 11) is 0. The zero-order valence-corrected chi connectivity index (χ0v) is 17.0. The predicted molar refractivity (Wildman–Crippen MR) is 108 cm³/mol. The number of hydrogen-bond acceptors (Lipinski definition) is 4. The van der Waals surface area contributed by atoms with E-state index in [2.05, 4.69) is 20.5 Å². The van der Waals surface area contributed by atoms with Gasteiger partial charge in [0.2, 0.25) is 0 Å². The third kappa shape index (κ3) is 4.12. The van der Waals surface area contributed by atoms with Gasteiger partial charge in [-0.1, -0.05) is 29.8 Å². The molecule has 0 fully saturated rings. The highest BCUT2D eigenvalue weighted by Gasteiger charge is 2.32. The lowest BCUT2D eigenvalue weighted by Crippen LogP contribution is -2.15. The van der Waals surface area contributed by atoms with Gasteiger partial charge in [0.25, 0.3) is 5.91 Å². The molecule has 0 radical (unpaired) electrons. The van der Waals surface area contributed by atoms with Crippen molar-refractivity contribution < 1.29 is 13.6 Å². The molecule has 0 aliphatic heterocycles. The fourth-order valence-electron chi connectivity index (χ4n) is 2.92. The number of alkyl halides is 3. The van der Waals surface area contributed by atoms with Crippen molar-refractivity contribution in [2.45, 2.75) is 18.9 Å². The van der Waals surface area contributed by atoms with Crippen molar-refractivity contribution in [3.05, 3.63) is 76.5 Å². The molecule has 0 bridgehead atoms. The van der Waals surface area contributed by atoms with Gasteiger partial charge in [0.05, 0.1) is 18.4 Å². The van der Waals surface area contributed by atoms with E-state index in [1.54, 1.807) is 23.9 Å². The van der Waals surface area contributed by atoms with Crippen LogP contribution in [-0.2, 0) is 11.9 Å². The first kappa shape index (κ1) is 20.2. The lowest BCUT2D eigenvalue weighted by Gasteiger charge is -2.10. The predicted octanol–water partition coefficient (Wildman–Crippen LogP) is 4.48. The van der Waals surface area contributed by atoms with E-state index in [0.29, 0.717) is 22.9 Å². The molecular formula is C19H14Cl2F2N6O. The van der Waals surface area contributed by atoms with E-state index >= 15 is 0 Å². The number of carbonyl (C=O) groups excluding carboxylic acids is 1. The Morgan fingerprint density at radius 3 is 2.77 bits per heavy atom. The molecule has 0 aliphatic carbocycles. The molecule has 154 valence electrons. The van der Waals surface area contributed by atoms with Crippen molar-refractivity contribution >= 4 is 40.4 Å². The number of halogens is 4. The molecule has 0 spiro atoms. The number of amides is 1. The van der Waals surface area contributed by atoms with E-state index in [4.69, 9.17) is 23.2 Å². The Bertz CT molecular complexity index is 1250. The van der Waals surface area contributed by atoms with Crippen molar-refractivity contribution in [3.8, 4) is 0 Å². The van der Waals surface area contributed by atoms with Gasteiger partial charge in [-0.25, -0.2) is 9.50 Å². The minimum atomic E-state index is -3.66.